The lowest BCUT2D eigenvalue weighted by Crippen LogP contribution is -2.26. The zero-order chi connectivity index (χ0) is 13.9. The van der Waals surface area contributed by atoms with Gasteiger partial charge in [-0.25, -0.2) is 0 Å². The third kappa shape index (κ3) is 3.91. The monoisotopic (exact) mass is 289 g/mol. The molecule has 1 atom stereocenters. The van der Waals surface area contributed by atoms with Crippen LogP contribution in [-0.2, 0) is 0 Å². The molecule has 4 nitrogen and oxygen atoms in total. The van der Waals surface area contributed by atoms with Crippen LogP contribution >= 0.6 is 12.4 Å². The Morgan fingerprint density at radius 1 is 0.895 bits per heavy atom. The van der Waals surface area contributed by atoms with Crippen LogP contribution in [0.1, 0.15) is 32.4 Å². The maximum absolute atomic E-state index is 6.29. The van der Waals surface area contributed by atoms with Crippen LogP contribution in [0.5, 0.6) is 17.2 Å². The first-order valence-electron chi connectivity index (χ1n) is 5.90. The maximum Gasteiger partial charge on any atom is 0.164 e. The number of benzene rings is 1. The summed E-state index contributed by atoms with van der Waals surface area (Å²) in [4.78, 5) is 0. The van der Waals surface area contributed by atoms with E-state index in [1.165, 1.54) is 0 Å². The van der Waals surface area contributed by atoms with Crippen LogP contribution in [0.2, 0.25) is 0 Å². The summed E-state index contributed by atoms with van der Waals surface area (Å²) in [5.41, 5.74) is 7.14. The SMILES string of the molecule is COc1cc(OC)c([C@H](N)C(C)(C)C)cc1OC.Cl. The third-order valence-corrected chi connectivity index (χ3v) is 3.00. The van der Waals surface area contributed by atoms with Crippen LogP contribution in [0.15, 0.2) is 12.1 Å². The topological polar surface area (TPSA) is 53.7 Å². The van der Waals surface area contributed by atoms with Gasteiger partial charge >= 0.3 is 0 Å². The zero-order valence-electron chi connectivity index (χ0n) is 12.4. The van der Waals surface area contributed by atoms with E-state index in [1.807, 2.05) is 6.07 Å². The molecule has 19 heavy (non-hydrogen) atoms. The average Bonchev–Trinajstić information content (AvgIpc) is 2.34. The van der Waals surface area contributed by atoms with E-state index in [4.69, 9.17) is 19.9 Å². The minimum absolute atomic E-state index is 0. The normalized spacial score (nSPS) is 12.4. The molecule has 0 amide bonds. The number of nitrogens with two attached hydrogens (primary N) is 1. The van der Waals surface area contributed by atoms with Crippen LogP contribution in [0.3, 0.4) is 0 Å². The van der Waals surface area contributed by atoms with E-state index in [0.717, 1.165) is 11.3 Å². The number of hydrogen-bond donors (Lipinski definition) is 1. The highest BCUT2D eigenvalue weighted by molar-refractivity contribution is 5.85. The third-order valence-electron chi connectivity index (χ3n) is 3.00. The summed E-state index contributed by atoms with van der Waals surface area (Å²) in [6.45, 7) is 6.27. The smallest absolute Gasteiger partial charge is 0.164 e. The van der Waals surface area contributed by atoms with Gasteiger partial charge in [-0.15, -0.1) is 12.4 Å². The summed E-state index contributed by atoms with van der Waals surface area (Å²) in [6.07, 6.45) is 0. The van der Waals surface area contributed by atoms with Crippen molar-refractivity contribution in [3.05, 3.63) is 17.7 Å². The lowest BCUT2D eigenvalue weighted by atomic mass is 9.82. The molecular weight excluding hydrogens is 266 g/mol. The molecule has 0 fully saturated rings. The molecule has 0 radical (unpaired) electrons. The van der Waals surface area contributed by atoms with Crippen molar-refractivity contribution >= 4 is 12.4 Å². The lowest BCUT2D eigenvalue weighted by molar-refractivity contribution is 0.308. The van der Waals surface area contributed by atoms with Gasteiger partial charge in [0.05, 0.1) is 21.3 Å². The van der Waals surface area contributed by atoms with Crippen LogP contribution in [0.25, 0.3) is 0 Å². The Balaban J connectivity index is 0.00000324. The van der Waals surface area contributed by atoms with Gasteiger partial charge in [-0.1, -0.05) is 20.8 Å². The van der Waals surface area contributed by atoms with Crippen LogP contribution < -0.4 is 19.9 Å². The van der Waals surface area contributed by atoms with Gasteiger partial charge in [0, 0.05) is 17.7 Å². The van der Waals surface area contributed by atoms with Crippen LogP contribution in [-0.4, -0.2) is 21.3 Å². The van der Waals surface area contributed by atoms with Gasteiger partial charge in [0.25, 0.3) is 0 Å². The summed E-state index contributed by atoms with van der Waals surface area (Å²) >= 11 is 0. The Hall–Kier alpha value is -1.13. The van der Waals surface area contributed by atoms with E-state index >= 15 is 0 Å². The number of halogens is 1. The van der Waals surface area contributed by atoms with Crippen molar-refractivity contribution in [3.63, 3.8) is 0 Å². The first-order valence-corrected chi connectivity index (χ1v) is 5.90. The predicted molar refractivity (Wildman–Crippen MR) is 79.7 cm³/mol. The summed E-state index contributed by atoms with van der Waals surface area (Å²) < 4.78 is 15.9. The molecule has 0 saturated heterocycles. The van der Waals surface area contributed by atoms with Gasteiger partial charge in [-0.2, -0.15) is 0 Å². The van der Waals surface area contributed by atoms with Gasteiger partial charge in [-0.3, -0.25) is 0 Å². The highest BCUT2D eigenvalue weighted by atomic mass is 35.5. The number of ether oxygens (including phenoxy) is 3. The summed E-state index contributed by atoms with van der Waals surface area (Å²) in [7, 11) is 4.83. The molecule has 0 aliphatic carbocycles. The second-order valence-electron chi connectivity index (χ2n) is 5.29. The summed E-state index contributed by atoms with van der Waals surface area (Å²) in [6, 6.07) is 3.54. The molecule has 110 valence electrons. The van der Waals surface area contributed by atoms with E-state index in [1.54, 1.807) is 27.4 Å². The van der Waals surface area contributed by atoms with E-state index in [9.17, 15) is 0 Å². The minimum Gasteiger partial charge on any atom is -0.496 e. The molecule has 1 aromatic carbocycles. The molecule has 0 spiro atoms. The molecule has 5 heteroatoms. The fraction of sp³-hybridized carbons (Fsp3) is 0.571. The van der Waals surface area contributed by atoms with E-state index < -0.39 is 0 Å². The molecular formula is C14H24ClNO3. The summed E-state index contributed by atoms with van der Waals surface area (Å²) in [5.74, 6) is 2.02. The van der Waals surface area contributed by atoms with Crippen molar-refractivity contribution in [1.29, 1.82) is 0 Å². The Labute approximate surface area is 121 Å². The lowest BCUT2D eigenvalue weighted by Gasteiger charge is -2.29. The molecule has 0 aliphatic heterocycles. The molecule has 2 N–H and O–H groups in total. The van der Waals surface area contributed by atoms with Gasteiger partial charge in [-0.05, 0) is 11.5 Å². The van der Waals surface area contributed by atoms with E-state index in [-0.39, 0.29) is 23.9 Å². The Bertz CT molecular complexity index is 416. The standard InChI is InChI=1S/C14H23NO3.ClH/c1-14(2,3)13(15)9-7-11(17-5)12(18-6)8-10(9)16-4;/h7-8,13H,15H2,1-6H3;1H/t13-;/m0./s1. The van der Waals surface area contributed by atoms with Crippen molar-refractivity contribution < 1.29 is 14.2 Å². The molecule has 0 aromatic heterocycles. The highest BCUT2D eigenvalue weighted by Gasteiger charge is 2.26. The first-order chi connectivity index (χ1) is 8.35. The maximum atomic E-state index is 6.29. The average molecular weight is 290 g/mol. The molecule has 0 aliphatic rings. The zero-order valence-corrected chi connectivity index (χ0v) is 13.3. The van der Waals surface area contributed by atoms with Gasteiger partial charge in [0.2, 0.25) is 0 Å². The largest absolute Gasteiger partial charge is 0.496 e. The first kappa shape index (κ1) is 17.9. The molecule has 0 heterocycles. The fourth-order valence-electron chi connectivity index (χ4n) is 1.76. The quantitative estimate of drug-likeness (QED) is 0.925. The van der Waals surface area contributed by atoms with Crippen molar-refractivity contribution in [2.24, 2.45) is 11.1 Å². The molecule has 0 bridgehead atoms. The predicted octanol–water partition coefficient (Wildman–Crippen LogP) is 3.18. The Morgan fingerprint density at radius 2 is 1.32 bits per heavy atom. The minimum atomic E-state index is -0.146. The molecule has 0 unspecified atom stereocenters. The molecule has 0 saturated carbocycles. The fourth-order valence-corrected chi connectivity index (χ4v) is 1.76. The van der Waals surface area contributed by atoms with Crippen LogP contribution in [0.4, 0.5) is 0 Å². The second-order valence-corrected chi connectivity index (χ2v) is 5.29. The number of rotatable bonds is 4. The Kier molecular flexibility index (Phi) is 6.46. The van der Waals surface area contributed by atoms with Crippen LogP contribution in [0, 0.1) is 5.41 Å². The molecule has 1 rings (SSSR count). The van der Waals surface area contributed by atoms with E-state index in [2.05, 4.69) is 20.8 Å². The second kappa shape index (κ2) is 6.87. The molecule has 1 aromatic rings. The highest BCUT2D eigenvalue weighted by Crippen LogP contribution is 2.41. The van der Waals surface area contributed by atoms with Crippen molar-refractivity contribution in [2.45, 2.75) is 26.8 Å². The van der Waals surface area contributed by atoms with Crippen molar-refractivity contribution in [2.75, 3.05) is 21.3 Å². The number of hydrogen-bond acceptors (Lipinski definition) is 4. The van der Waals surface area contributed by atoms with E-state index in [0.29, 0.717) is 11.5 Å². The van der Waals surface area contributed by atoms with Gasteiger partial charge in [0.1, 0.15) is 5.75 Å². The van der Waals surface area contributed by atoms with Gasteiger partial charge < -0.3 is 19.9 Å². The van der Waals surface area contributed by atoms with Crippen molar-refractivity contribution in [1.82, 2.24) is 0 Å². The van der Waals surface area contributed by atoms with Crippen molar-refractivity contribution in [3.8, 4) is 17.2 Å². The number of methoxy groups -OCH3 is 3. The van der Waals surface area contributed by atoms with Gasteiger partial charge in [0.15, 0.2) is 11.5 Å². The summed E-state index contributed by atoms with van der Waals surface area (Å²) in [5, 5.41) is 0. The Morgan fingerprint density at radius 3 is 1.68 bits per heavy atom.